The Morgan fingerprint density at radius 3 is 2.33 bits per heavy atom. The van der Waals surface area contributed by atoms with Gasteiger partial charge in [0, 0.05) is 25.3 Å². The van der Waals surface area contributed by atoms with Crippen molar-refractivity contribution in [3.63, 3.8) is 0 Å². The molecular formula is C23H31F3N4O3. The van der Waals surface area contributed by atoms with E-state index >= 15 is 0 Å². The van der Waals surface area contributed by atoms with Gasteiger partial charge >= 0.3 is 6.18 Å². The fourth-order valence-electron chi connectivity index (χ4n) is 3.20. The Labute approximate surface area is 191 Å². The largest absolute Gasteiger partial charge is 0.484 e. The molecule has 0 radical (unpaired) electrons. The van der Waals surface area contributed by atoms with Crippen LogP contribution in [0.3, 0.4) is 0 Å². The molecule has 33 heavy (non-hydrogen) atoms. The second kappa shape index (κ2) is 11.4. The van der Waals surface area contributed by atoms with Crippen molar-refractivity contribution in [1.29, 1.82) is 0 Å². The molecule has 0 spiro atoms. The third kappa shape index (κ3) is 7.97. The second-order valence-corrected chi connectivity index (χ2v) is 8.52. The summed E-state index contributed by atoms with van der Waals surface area (Å²) in [7, 11) is 0. The van der Waals surface area contributed by atoms with Crippen LogP contribution in [0.5, 0.6) is 5.75 Å². The fraction of sp³-hybridized carbons (Fsp3) is 0.522. The number of hydrogen-bond donors (Lipinski definition) is 1. The van der Waals surface area contributed by atoms with Crippen LogP contribution in [0, 0.1) is 6.92 Å². The maximum absolute atomic E-state index is 12.6. The number of nitrogens with zero attached hydrogens (tertiary/aromatic N) is 3. The highest BCUT2D eigenvalue weighted by Gasteiger charge is 2.29. The van der Waals surface area contributed by atoms with E-state index < -0.39 is 18.2 Å². The van der Waals surface area contributed by atoms with E-state index in [0.29, 0.717) is 16.6 Å². The van der Waals surface area contributed by atoms with Crippen LogP contribution in [0.1, 0.15) is 50.4 Å². The summed E-state index contributed by atoms with van der Waals surface area (Å²) in [6.07, 6.45) is -1.86. The zero-order valence-electron chi connectivity index (χ0n) is 19.5. The van der Waals surface area contributed by atoms with Crippen molar-refractivity contribution in [3.8, 4) is 5.75 Å². The minimum absolute atomic E-state index is 0.111. The second-order valence-electron chi connectivity index (χ2n) is 8.52. The lowest BCUT2D eigenvalue weighted by atomic mass is 9.84. The van der Waals surface area contributed by atoms with E-state index in [2.05, 4.69) is 21.9 Å². The number of aromatic nitrogens is 1. The molecule has 182 valence electrons. The van der Waals surface area contributed by atoms with Crippen molar-refractivity contribution < 1.29 is 27.4 Å². The van der Waals surface area contributed by atoms with Crippen LogP contribution >= 0.6 is 0 Å². The molecule has 2 aromatic rings. The number of hydrogen-bond acceptors (Lipinski definition) is 7. The summed E-state index contributed by atoms with van der Waals surface area (Å²) >= 11 is 0. The van der Waals surface area contributed by atoms with Gasteiger partial charge in [-0.15, -0.1) is 5.10 Å². The molecule has 1 aliphatic rings. The Balaban J connectivity index is 0.000000678. The van der Waals surface area contributed by atoms with Gasteiger partial charge in [0.1, 0.15) is 18.2 Å². The van der Waals surface area contributed by atoms with Gasteiger partial charge in [-0.1, -0.05) is 20.8 Å². The van der Waals surface area contributed by atoms with E-state index in [1.165, 1.54) is 12.8 Å². The number of benzene rings is 1. The van der Waals surface area contributed by atoms with E-state index in [4.69, 9.17) is 19.9 Å². The molecule has 7 nitrogen and oxygen atoms in total. The molecule has 0 aliphatic carbocycles. The standard InChI is InChI=1S/C19H23F3N4O2.C4H8O/c1-11-6-15(17(26-24-5)28-10-23)25-16-13(11)7-12(27-9-19(20,21)22)8-14(16)18(2,3)4;1-2-4-5-3-1/h6-8H,5,9-10,23H2,1-4H3;1-4H2/b26-17-;. The quantitative estimate of drug-likeness (QED) is 0.292. The van der Waals surface area contributed by atoms with Gasteiger partial charge in [0.25, 0.3) is 5.90 Å². The number of nitrogens with two attached hydrogens (primary N) is 1. The van der Waals surface area contributed by atoms with E-state index in [1.54, 1.807) is 18.2 Å². The highest BCUT2D eigenvalue weighted by atomic mass is 19.4. The van der Waals surface area contributed by atoms with Crippen LogP contribution in [-0.2, 0) is 14.9 Å². The van der Waals surface area contributed by atoms with Gasteiger partial charge < -0.3 is 14.2 Å². The van der Waals surface area contributed by atoms with Crippen molar-refractivity contribution in [1.82, 2.24) is 4.98 Å². The van der Waals surface area contributed by atoms with Crippen molar-refractivity contribution in [3.05, 3.63) is 35.0 Å². The summed E-state index contributed by atoms with van der Waals surface area (Å²) in [6, 6.07) is 4.83. The molecule has 0 bridgehead atoms. The third-order valence-corrected chi connectivity index (χ3v) is 4.73. The van der Waals surface area contributed by atoms with Crippen molar-refractivity contribution >= 4 is 23.5 Å². The molecule has 3 rings (SSSR count). The summed E-state index contributed by atoms with van der Waals surface area (Å²) in [5, 5.41) is 7.95. The number of aryl methyl sites for hydroxylation is 1. The van der Waals surface area contributed by atoms with Crippen LogP contribution in [0.4, 0.5) is 13.2 Å². The maximum Gasteiger partial charge on any atom is 0.422 e. The average molecular weight is 469 g/mol. The van der Waals surface area contributed by atoms with E-state index in [9.17, 15) is 13.2 Å². The van der Waals surface area contributed by atoms with Gasteiger partial charge in [-0.2, -0.15) is 18.3 Å². The minimum Gasteiger partial charge on any atom is -0.484 e. The van der Waals surface area contributed by atoms with Crippen LogP contribution < -0.4 is 10.5 Å². The summed E-state index contributed by atoms with van der Waals surface area (Å²) in [5.41, 5.74) is 7.53. The van der Waals surface area contributed by atoms with Crippen molar-refractivity contribution in [2.75, 3.05) is 26.6 Å². The third-order valence-electron chi connectivity index (χ3n) is 4.73. The lowest BCUT2D eigenvalue weighted by Crippen LogP contribution is -2.20. The normalized spacial score (nSPS) is 14.6. The predicted molar refractivity (Wildman–Crippen MR) is 123 cm³/mol. The first kappa shape index (κ1) is 26.5. The van der Waals surface area contributed by atoms with Gasteiger partial charge in [-0.25, -0.2) is 4.98 Å². The van der Waals surface area contributed by atoms with Gasteiger partial charge in [-0.3, -0.25) is 5.73 Å². The lowest BCUT2D eigenvalue weighted by molar-refractivity contribution is -0.153. The van der Waals surface area contributed by atoms with Gasteiger partial charge in [0.2, 0.25) is 0 Å². The molecule has 0 atom stereocenters. The summed E-state index contributed by atoms with van der Waals surface area (Å²) in [4.78, 5) is 4.61. The van der Waals surface area contributed by atoms with Crippen molar-refractivity contribution in [2.45, 2.75) is 52.1 Å². The zero-order valence-corrected chi connectivity index (χ0v) is 19.5. The smallest absolute Gasteiger partial charge is 0.422 e. The Bertz CT molecular complexity index is 974. The molecule has 2 N–H and O–H groups in total. The number of rotatable bonds is 5. The monoisotopic (exact) mass is 468 g/mol. The van der Waals surface area contributed by atoms with Crippen LogP contribution in [-0.4, -0.2) is 50.3 Å². The Morgan fingerprint density at radius 1 is 1.18 bits per heavy atom. The number of ether oxygens (including phenoxy) is 3. The Kier molecular flexibility index (Phi) is 9.18. The lowest BCUT2D eigenvalue weighted by Gasteiger charge is -2.23. The summed E-state index contributed by atoms with van der Waals surface area (Å²) in [6.45, 7) is 11.5. The number of alkyl halides is 3. The first-order chi connectivity index (χ1) is 15.5. The molecule has 0 amide bonds. The number of fused-ring (bicyclic) bond motifs is 1. The van der Waals surface area contributed by atoms with Crippen LogP contribution in [0.2, 0.25) is 0 Å². The van der Waals surface area contributed by atoms with Gasteiger partial charge in [0.05, 0.1) is 5.52 Å². The molecule has 0 unspecified atom stereocenters. The van der Waals surface area contributed by atoms with E-state index in [0.717, 1.165) is 24.3 Å². The molecule has 1 aliphatic heterocycles. The Morgan fingerprint density at radius 2 is 1.85 bits per heavy atom. The first-order valence-corrected chi connectivity index (χ1v) is 10.6. The summed E-state index contributed by atoms with van der Waals surface area (Å²) < 4.78 is 52.9. The average Bonchev–Trinajstić information content (AvgIpc) is 3.31. The number of halogens is 3. The highest BCUT2D eigenvalue weighted by Crippen LogP contribution is 2.35. The van der Waals surface area contributed by atoms with E-state index in [-0.39, 0.29) is 18.4 Å². The van der Waals surface area contributed by atoms with E-state index in [1.807, 2.05) is 27.7 Å². The van der Waals surface area contributed by atoms with Crippen LogP contribution in [0.15, 0.2) is 28.4 Å². The molecule has 10 heteroatoms. The molecule has 2 heterocycles. The minimum atomic E-state index is -4.42. The highest BCUT2D eigenvalue weighted by molar-refractivity contribution is 5.97. The molecule has 1 saturated heterocycles. The number of pyridine rings is 1. The fourth-order valence-corrected chi connectivity index (χ4v) is 3.20. The SMILES string of the molecule is C1CCOC1.C=N/N=C(\OCN)c1cc(C)c2cc(OCC(F)(F)F)cc(C(C)(C)C)c2n1. The first-order valence-electron chi connectivity index (χ1n) is 10.6. The molecule has 1 aromatic carbocycles. The molecule has 0 saturated carbocycles. The maximum atomic E-state index is 12.6. The predicted octanol–water partition coefficient (Wildman–Crippen LogP) is 4.87. The van der Waals surface area contributed by atoms with Gasteiger partial charge in [-0.05, 0) is 54.5 Å². The Hall–Kier alpha value is -2.72. The van der Waals surface area contributed by atoms with Crippen molar-refractivity contribution in [2.24, 2.45) is 15.9 Å². The molecular weight excluding hydrogens is 437 g/mol. The van der Waals surface area contributed by atoms with Gasteiger partial charge in [0.15, 0.2) is 6.61 Å². The topological polar surface area (TPSA) is 91.3 Å². The summed E-state index contributed by atoms with van der Waals surface area (Å²) in [5.74, 6) is 0.243. The molecule has 1 aromatic heterocycles. The van der Waals surface area contributed by atoms with Crippen LogP contribution in [0.25, 0.3) is 10.9 Å². The zero-order chi connectivity index (χ0) is 24.6. The molecule has 1 fully saturated rings.